The molecular formula is C13H12BrN5O2. The van der Waals surface area contributed by atoms with Crippen molar-refractivity contribution in [1.82, 2.24) is 19.5 Å². The van der Waals surface area contributed by atoms with E-state index in [-0.39, 0.29) is 5.95 Å². The van der Waals surface area contributed by atoms with E-state index in [1.165, 1.54) is 13.4 Å². The average molecular weight is 350 g/mol. The molecule has 21 heavy (non-hydrogen) atoms. The number of halogens is 1. The van der Waals surface area contributed by atoms with Gasteiger partial charge in [0.05, 0.1) is 19.9 Å². The molecule has 2 heterocycles. The van der Waals surface area contributed by atoms with Crippen LogP contribution in [-0.2, 0) is 0 Å². The molecule has 2 aromatic heterocycles. The Bertz CT molecular complexity index is 818. The monoisotopic (exact) mass is 349 g/mol. The van der Waals surface area contributed by atoms with Gasteiger partial charge in [-0.05, 0) is 28.1 Å². The fourth-order valence-electron chi connectivity index (χ4n) is 2.07. The van der Waals surface area contributed by atoms with Crippen molar-refractivity contribution in [1.29, 1.82) is 0 Å². The van der Waals surface area contributed by atoms with Crippen molar-refractivity contribution >= 4 is 33.0 Å². The molecule has 0 atom stereocenters. The number of nitrogen functional groups attached to an aromatic ring is 1. The summed E-state index contributed by atoms with van der Waals surface area (Å²) in [4.78, 5) is 12.6. The first-order valence-electron chi connectivity index (χ1n) is 6.02. The van der Waals surface area contributed by atoms with Crippen LogP contribution in [0.25, 0.3) is 16.9 Å². The van der Waals surface area contributed by atoms with E-state index in [9.17, 15) is 0 Å². The van der Waals surface area contributed by atoms with Crippen LogP contribution in [0.15, 0.2) is 29.0 Å². The molecule has 0 saturated heterocycles. The van der Waals surface area contributed by atoms with Gasteiger partial charge in [-0.1, -0.05) is 0 Å². The number of anilines is 1. The minimum atomic E-state index is 0.290. The third-order valence-electron chi connectivity index (χ3n) is 3.02. The lowest BCUT2D eigenvalue weighted by Gasteiger charge is -2.10. The zero-order valence-electron chi connectivity index (χ0n) is 11.4. The molecule has 0 radical (unpaired) electrons. The lowest BCUT2D eigenvalue weighted by Crippen LogP contribution is -2.03. The first-order chi connectivity index (χ1) is 10.2. The van der Waals surface area contributed by atoms with Gasteiger partial charge in [-0.3, -0.25) is 4.57 Å². The van der Waals surface area contributed by atoms with Crippen molar-refractivity contribution in [2.45, 2.75) is 0 Å². The molecule has 2 N–H and O–H groups in total. The number of imidazole rings is 1. The van der Waals surface area contributed by atoms with Crippen LogP contribution in [-0.4, -0.2) is 33.7 Å². The van der Waals surface area contributed by atoms with Crippen molar-refractivity contribution in [2.75, 3.05) is 20.0 Å². The van der Waals surface area contributed by atoms with E-state index in [1.54, 1.807) is 11.7 Å². The second kappa shape index (κ2) is 5.21. The molecule has 0 aliphatic rings. The highest BCUT2D eigenvalue weighted by Crippen LogP contribution is 2.32. The molecule has 3 aromatic rings. The van der Waals surface area contributed by atoms with Gasteiger partial charge < -0.3 is 15.2 Å². The molecule has 0 bridgehead atoms. The number of nitrogens with two attached hydrogens (primary N) is 1. The Balaban J connectivity index is 2.33. The highest BCUT2D eigenvalue weighted by atomic mass is 79.9. The summed E-state index contributed by atoms with van der Waals surface area (Å²) in [5.74, 6) is 1.37. The van der Waals surface area contributed by atoms with Gasteiger partial charge in [-0.2, -0.15) is 4.98 Å². The number of methoxy groups -OCH3 is 2. The topological polar surface area (TPSA) is 88.1 Å². The van der Waals surface area contributed by atoms with Crippen molar-refractivity contribution in [2.24, 2.45) is 0 Å². The highest BCUT2D eigenvalue weighted by Gasteiger charge is 2.17. The minimum absolute atomic E-state index is 0.290. The molecular weight excluding hydrogens is 338 g/mol. The van der Waals surface area contributed by atoms with E-state index >= 15 is 0 Å². The number of benzene rings is 1. The zero-order valence-corrected chi connectivity index (χ0v) is 13.0. The van der Waals surface area contributed by atoms with Gasteiger partial charge in [0.25, 0.3) is 0 Å². The second-order valence-electron chi connectivity index (χ2n) is 4.18. The molecule has 0 aliphatic heterocycles. The van der Waals surface area contributed by atoms with Gasteiger partial charge in [-0.15, -0.1) is 0 Å². The molecule has 0 saturated carbocycles. The largest absolute Gasteiger partial charge is 0.497 e. The highest BCUT2D eigenvalue weighted by molar-refractivity contribution is 9.10. The van der Waals surface area contributed by atoms with Crippen LogP contribution in [0.5, 0.6) is 11.6 Å². The Hall–Kier alpha value is -2.35. The predicted molar refractivity (Wildman–Crippen MR) is 81.9 cm³/mol. The fraction of sp³-hybridized carbons (Fsp3) is 0.154. The molecule has 0 unspecified atom stereocenters. The van der Waals surface area contributed by atoms with E-state index in [0.29, 0.717) is 22.8 Å². The number of hydrogen-bond donors (Lipinski definition) is 1. The van der Waals surface area contributed by atoms with Gasteiger partial charge in [0, 0.05) is 10.5 Å². The molecule has 0 spiro atoms. The molecule has 8 heteroatoms. The van der Waals surface area contributed by atoms with Crippen LogP contribution in [0.3, 0.4) is 0 Å². The lowest BCUT2D eigenvalue weighted by atomic mass is 10.3. The van der Waals surface area contributed by atoms with Crippen LogP contribution < -0.4 is 15.2 Å². The molecule has 0 amide bonds. The fourth-order valence-corrected chi connectivity index (χ4v) is 2.49. The Morgan fingerprint density at radius 3 is 2.71 bits per heavy atom. The molecule has 3 rings (SSSR count). The van der Waals surface area contributed by atoms with Gasteiger partial charge in [-0.25, -0.2) is 9.97 Å². The van der Waals surface area contributed by atoms with Crippen molar-refractivity contribution in [3.8, 4) is 17.3 Å². The van der Waals surface area contributed by atoms with Crippen molar-refractivity contribution in [3.05, 3.63) is 29.0 Å². The summed E-state index contributed by atoms with van der Waals surface area (Å²) in [6.45, 7) is 0. The first-order valence-corrected chi connectivity index (χ1v) is 6.82. The SMILES string of the molecule is COc1ccc(Br)c(-n2c(N)nc3c(OC)ncnc32)c1. The number of aromatic nitrogens is 4. The second-order valence-corrected chi connectivity index (χ2v) is 5.03. The number of hydrogen-bond acceptors (Lipinski definition) is 6. The molecule has 0 fully saturated rings. The number of ether oxygens (including phenoxy) is 2. The van der Waals surface area contributed by atoms with E-state index in [4.69, 9.17) is 15.2 Å². The number of rotatable bonds is 3. The van der Waals surface area contributed by atoms with E-state index < -0.39 is 0 Å². The Labute approximate surface area is 128 Å². The van der Waals surface area contributed by atoms with Gasteiger partial charge in [0.2, 0.25) is 11.8 Å². The maximum absolute atomic E-state index is 6.04. The van der Waals surface area contributed by atoms with Gasteiger partial charge >= 0.3 is 0 Å². The summed E-state index contributed by atoms with van der Waals surface area (Å²) in [5.41, 5.74) is 7.88. The smallest absolute Gasteiger partial charge is 0.245 e. The van der Waals surface area contributed by atoms with Crippen LogP contribution in [0, 0.1) is 0 Å². The predicted octanol–water partition coefficient (Wildman–Crippen LogP) is 2.18. The summed E-state index contributed by atoms with van der Waals surface area (Å²) in [6.07, 6.45) is 1.41. The maximum atomic E-state index is 6.04. The lowest BCUT2D eigenvalue weighted by molar-refractivity contribution is 0.401. The third kappa shape index (κ3) is 2.17. The van der Waals surface area contributed by atoms with E-state index in [0.717, 1.165) is 10.2 Å². The van der Waals surface area contributed by atoms with Crippen molar-refractivity contribution < 1.29 is 9.47 Å². The van der Waals surface area contributed by atoms with Crippen LogP contribution in [0.1, 0.15) is 0 Å². The van der Waals surface area contributed by atoms with E-state index in [1.807, 2.05) is 18.2 Å². The van der Waals surface area contributed by atoms with Crippen LogP contribution in [0.4, 0.5) is 5.95 Å². The first kappa shape index (κ1) is 13.6. The molecule has 7 nitrogen and oxygen atoms in total. The maximum Gasteiger partial charge on any atom is 0.245 e. The molecule has 1 aromatic carbocycles. The summed E-state index contributed by atoms with van der Waals surface area (Å²) in [5, 5.41) is 0. The third-order valence-corrected chi connectivity index (χ3v) is 3.69. The van der Waals surface area contributed by atoms with Crippen molar-refractivity contribution in [3.63, 3.8) is 0 Å². The molecule has 108 valence electrons. The van der Waals surface area contributed by atoms with E-state index in [2.05, 4.69) is 30.9 Å². The van der Waals surface area contributed by atoms with Gasteiger partial charge in [0.1, 0.15) is 12.1 Å². The number of fused-ring (bicyclic) bond motifs is 1. The Morgan fingerprint density at radius 2 is 2.00 bits per heavy atom. The average Bonchev–Trinajstić information content (AvgIpc) is 2.83. The van der Waals surface area contributed by atoms with Gasteiger partial charge in [0.15, 0.2) is 11.2 Å². The summed E-state index contributed by atoms with van der Waals surface area (Å²) in [6, 6.07) is 5.56. The molecule has 0 aliphatic carbocycles. The standard InChI is InChI=1S/C13H12BrN5O2/c1-20-7-3-4-8(14)9(5-7)19-11-10(18-13(19)15)12(21-2)17-6-16-11/h3-6H,1-2H3,(H2,15,18). The Morgan fingerprint density at radius 1 is 1.19 bits per heavy atom. The zero-order chi connectivity index (χ0) is 15.0. The number of nitrogens with zero attached hydrogens (tertiary/aromatic N) is 4. The van der Waals surface area contributed by atoms with Crippen LogP contribution in [0.2, 0.25) is 0 Å². The summed E-state index contributed by atoms with van der Waals surface area (Å²) in [7, 11) is 3.13. The van der Waals surface area contributed by atoms with Crippen LogP contribution >= 0.6 is 15.9 Å². The summed E-state index contributed by atoms with van der Waals surface area (Å²) >= 11 is 3.50. The minimum Gasteiger partial charge on any atom is -0.497 e. The normalized spacial score (nSPS) is 10.8. The quantitative estimate of drug-likeness (QED) is 0.779. The Kier molecular flexibility index (Phi) is 3.38. The summed E-state index contributed by atoms with van der Waals surface area (Å²) < 4.78 is 13.0.